The summed E-state index contributed by atoms with van der Waals surface area (Å²) in [4.78, 5) is 27.2. The van der Waals surface area contributed by atoms with Gasteiger partial charge >= 0.3 is 6.03 Å². The van der Waals surface area contributed by atoms with Crippen LogP contribution in [0.15, 0.2) is 52.3 Å². The monoisotopic (exact) mass is 515 g/mol. The van der Waals surface area contributed by atoms with Gasteiger partial charge in [-0.05, 0) is 71.5 Å². The maximum Gasteiger partial charge on any atom is 0.318 e. The van der Waals surface area contributed by atoms with Crippen molar-refractivity contribution in [1.82, 2.24) is 15.5 Å². The molecule has 4 rings (SSSR count). The second kappa shape index (κ2) is 10.4. The molecule has 2 N–H and O–H groups in total. The maximum absolute atomic E-state index is 12.8. The zero-order valence-electron chi connectivity index (χ0n) is 17.9. The van der Waals surface area contributed by atoms with Gasteiger partial charge in [0.05, 0.1) is 7.11 Å². The predicted molar refractivity (Wildman–Crippen MR) is 131 cm³/mol. The fourth-order valence-electron chi connectivity index (χ4n) is 3.99. The van der Waals surface area contributed by atoms with Gasteiger partial charge in [-0.1, -0.05) is 28.1 Å². The van der Waals surface area contributed by atoms with E-state index >= 15 is 0 Å². The second-order valence-electron chi connectivity index (χ2n) is 7.80. The summed E-state index contributed by atoms with van der Waals surface area (Å²) in [6, 6.07) is 13.4. The third kappa shape index (κ3) is 5.24. The smallest absolute Gasteiger partial charge is 0.318 e. The molecule has 6 nitrogen and oxygen atoms in total. The Labute approximate surface area is 200 Å². The Balaban J connectivity index is 1.29. The Hall–Kier alpha value is -2.58. The van der Waals surface area contributed by atoms with E-state index in [-0.39, 0.29) is 11.9 Å². The van der Waals surface area contributed by atoms with Gasteiger partial charge in [0.15, 0.2) is 0 Å². The van der Waals surface area contributed by atoms with Gasteiger partial charge in [-0.25, -0.2) is 4.79 Å². The molecule has 1 aliphatic rings. The summed E-state index contributed by atoms with van der Waals surface area (Å²) in [5.41, 5.74) is 2.21. The minimum atomic E-state index is -0.417. The van der Waals surface area contributed by atoms with Gasteiger partial charge in [0, 0.05) is 28.8 Å². The number of likely N-dealkylation sites (tertiary alicyclic amines) is 1. The number of benzene rings is 2. The van der Waals surface area contributed by atoms with Gasteiger partial charge in [0.2, 0.25) is 5.91 Å². The summed E-state index contributed by atoms with van der Waals surface area (Å²) in [6.07, 6.45) is 2.25. The molecule has 0 saturated carbocycles. The number of carbonyl (C=O) groups is 2. The summed E-state index contributed by atoms with van der Waals surface area (Å²) in [5.74, 6) is 0.726. The van der Waals surface area contributed by atoms with Crippen LogP contribution >= 0.6 is 27.3 Å². The average molecular weight is 516 g/mol. The van der Waals surface area contributed by atoms with Crippen LogP contribution in [-0.4, -0.2) is 43.1 Å². The van der Waals surface area contributed by atoms with Crippen LogP contribution in [0.4, 0.5) is 4.79 Å². The molecule has 1 atom stereocenters. The Morgan fingerprint density at radius 1 is 1.19 bits per heavy atom. The number of rotatable bonds is 7. The maximum atomic E-state index is 12.8. The molecule has 0 spiro atoms. The fraction of sp³-hybridized carbons (Fsp3) is 0.333. The van der Waals surface area contributed by atoms with E-state index in [1.165, 1.54) is 4.70 Å². The number of carbonyl (C=O) groups excluding carboxylic acids is 2. The van der Waals surface area contributed by atoms with Gasteiger partial charge in [-0.15, -0.1) is 11.3 Å². The third-order valence-electron chi connectivity index (χ3n) is 5.73. The molecule has 1 aromatic heterocycles. The number of thiophene rings is 1. The van der Waals surface area contributed by atoms with Crippen molar-refractivity contribution < 1.29 is 14.3 Å². The second-order valence-corrected chi connectivity index (χ2v) is 9.63. The zero-order valence-corrected chi connectivity index (χ0v) is 20.3. The lowest BCUT2D eigenvalue weighted by Crippen LogP contribution is -2.49. The number of ether oxygens (including phenoxy) is 1. The SMILES string of the molecule is COc1ccc(CCNC(=O)C2CCCN2C(=O)NCc2csc3ccc(Br)cc23)cc1. The van der Waals surface area contributed by atoms with Crippen LogP contribution in [0.5, 0.6) is 5.75 Å². The fourth-order valence-corrected chi connectivity index (χ4v) is 5.29. The van der Waals surface area contributed by atoms with Crippen molar-refractivity contribution >= 4 is 49.3 Å². The Morgan fingerprint density at radius 2 is 2.00 bits per heavy atom. The molecule has 2 heterocycles. The lowest BCUT2D eigenvalue weighted by atomic mass is 10.1. The molecule has 0 radical (unpaired) electrons. The summed E-state index contributed by atoms with van der Waals surface area (Å²) in [7, 11) is 1.64. The predicted octanol–water partition coefficient (Wildman–Crippen LogP) is 4.71. The van der Waals surface area contributed by atoms with Gasteiger partial charge in [-0.3, -0.25) is 4.79 Å². The molecule has 1 saturated heterocycles. The van der Waals surface area contributed by atoms with Crippen LogP contribution in [-0.2, 0) is 17.8 Å². The quantitative estimate of drug-likeness (QED) is 0.478. The first-order valence-corrected chi connectivity index (χ1v) is 12.3. The number of methoxy groups -OCH3 is 1. The van der Waals surface area contributed by atoms with Crippen molar-refractivity contribution in [2.24, 2.45) is 0 Å². The van der Waals surface area contributed by atoms with Gasteiger partial charge < -0.3 is 20.3 Å². The van der Waals surface area contributed by atoms with Crippen LogP contribution in [0, 0.1) is 0 Å². The number of fused-ring (bicyclic) bond motifs is 1. The number of amides is 3. The van der Waals surface area contributed by atoms with Crippen LogP contribution in [0.1, 0.15) is 24.0 Å². The molecule has 168 valence electrons. The third-order valence-corrected chi connectivity index (χ3v) is 7.24. The van der Waals surface area contributed by atoms with Crippen LogP contribution in [0.3, 0.4) is 0 Å². The van der Waals surface area contributed by atoms with E-state index in [1.54, 1.807) is 23.3 Å². The van der Waals surface area contributed by atoms with E-state index < -0.39 is 6.04 Å². The highest BCUT2D eigenvalue weighted by molar-refractivity contribution is 9.10. The molecule has 3 aromatic rings. The minimum absolute atomic E-state index is 0.0870. The van der Waals surface area contributed by atoms with E-state index in [9.17, 15) is 9.59 Å². The molecule has 8 heteroatoms. The zero-order chi connectivity index (χ0) is 22.5. The number of nitrogens with one attached hydrogen (secondary N) is 2. The summed E-state index contributed by atoms with van der Waals surface area (Å²) < 4.78 is 7.37. The van der Waals surface area contributed by atoms with E-state index in [0.29, 0.717) is 26.1 Å². The highest BCUT2D eigenvalue weighted by atomic mass is 79.9. The first-order chi connectivity index (χ1) is 15.5. The number of hydrogen-bond donors (Lipinski definition) is 2. The van der Waals surface area contributed by atoms with Crippen molar-refractivity contribution in [3.63, 3.8) is 0 Å². The standard InChI is InChI=1S/C24H26BrN3O3S/c1-31-19-7-4-16(5-8-19)10-11-26-23(29)21-3-2-12-28(21)24(30)27-14-17-15-32-22-9-6-18(25)13-20(17)22/h4-9,13,15,21H,2-3,10-12,14H2,1H3,(H,26,29)(H,27,30). The number of halogens is 1. The van der Waals surface area contributed by atoms with Crippen molar-refractivity contribution in [2.45, 2.75) is 31.8 Å². The summed E-state index contributed by atoms with van der Waals surface area (Å²) in [5, 5.41) is 9.21. The normalized spacial score (nSPS) is 15.7. The van der Waals surface area contributed by atoms with Crippen molar-refractivity contribution in [3.05, 3.63) is 63.4 Å². The van der Waals surface area contributed by atoms with Crippen molar-refractivity contribution in [1.29, 1.82) is 0 Å². The highest BCUT2D eigenvalue weighted by Crippen LogP contribution is 2.29. The average Bonchev–Trinajstić information content (AvgIpc) is 3.45. The number of nitrogens with zero attached hydrogens (tertiary/aromatic N) is 1. The molecular weight excluding hydrogens is 490 g/mol. The Morgan fingerprint density at radius 3 is 2.78 bits per heavy atom. The molecule has 2 aromatic carbocycles. The Kier molecular flexibility index (Phi) is 7.32. The molecule has 3 amide bonds. The van der Waals surface area contributed by atoms with E-state index in [4.69, 9.17) is 4.74 Å². The molecule has 1 fully saturated rings. The lowest BCUT2D eigenvalue weighted by molar-refractivity contribution is -0.124. The van der Waals surface area contributed by atoms with Gasteiger partial charge in [0.1, 0.15) is 11.8 Å². The number of hydrogen-bond acceptors (Lipinski definition) is 4. The van der Waals surface area contributed by atoms with Gasteiger partial charge in [0.25, 0.3) is 0 Å². The topological polar surface area (TPSA) is 70.7 Å². The lowest BCUT2D eigenvalue weighted by Gasteiger charge is -2.24. The number of urea groups is 1. The van der Waals surface area contributed by atoms with Crippen molar-refractivity contribution in [2.75, 3.05) is 20.2 Å². The van der Waals surface area contributed by atoms with Gasteiger partial charge in [-0.2, -0.15) is 0 Å². The molecule has 0 bridgehead atoms. The first-order valence-electron chi connectivity index (χ1n) is 10.7. The minimum Gasteiger partial charge on any atom is -0.497 e. The molecule has 1 aliphatic heterocycles. The molecular formula is C24H26BrN3O3S. The Bertz CT molecular complexity index is 1100. The summed E-state index contributed by atoms with van der Waals surface area (Å²) in [6.45, 7) is 1.57. The molecule has 0 aliphatic carbocycles. The van der Waals surface area contributed by atoms with E-state index in [1.807, 2.05) is 30.3 Å². The van der Waals surface area contributed by atoms with Crippen LogP contribution in [0.2, 0.25) is 0 Å². The van der Waals surface area contributed by atoms with Crippen LogP contribution in [0.25, 0.3) is 10.1 Å². The highest BCUT2D eigenvalue weighted by Gasteiger charge is 2.33. The largest absolute Gasteiger partial charge is 0.497 e. The van der Waals surface area contributed by atoms with Crippen molar-refractivity contribution in [3.8, 4) is 5.75 Å². The van der Waals surface area contributed by atoms with Crippen LogP contribution < -0.4 is 15.4 Å². The molecule has 32 heavy (non-hydrogen) atoms. The molecule has 1 unspecified atom stereocenters. The van der Waals surface area contributed by atoms with E-state index in [0.717, 1.165) is 39.6 Å². The first kappa shape index (κ1) is 22.6. The van der Waals surface area contributed by atoms with E-state index in [2.05, 4.69) is 44.1 Å². The summed E-state index contributed by atoms with van der Waals surface area (Å²) >= 11 is 5.17.